The first-order valence-electron chi connectivity index (χ1n) is 13.4. The van der Waals surface area contributed by atoms with Gasteiger partial charge in [-0.15, -0.1) is 0 Å². The van der Waals surface area contributed by atoms with Crippen molar-refractivity contribution in [3.05, 3.63) is 11.6 Å². The van der Waals surface area contributed by atoms with Gasteiger partial charge in [0.25, 0.3) is 0 Å². The highest BCUT2D eigenvalue weighted by molar-refractivity contribution is 5.92. The van der Waals surface area contributed by atoms with E-state index in [9.17, 15) is 39.9 Å². The van der Waals surface area contributed by atoms with E-state index >= 15 is 0 Å². The molecule has 0 unspecified atom stereocenters. The number of carboxylic acid groups (broad SMARTS) is 1. The van der Waals surface area contributed by atoms with Gasteiger partial charge in [-0.3, -0.25) is 9.59 Å². The monoisotopic (exact) mass is 522 g/mol. The molecule has 1 heterocycles. The van der Waals surface area contributed by atoms with E-state index in [1.165, 1.54) is 5.57 Å². The van der Waals surface area contributed by atoms with E-state index in [0.29, 0.717) is 31.1 Å². The highest BCUT2D eigenvalue weighted by Gasteiger charge is 2.66. The van der Waals surface area contributed by atoms with Gasteiger partial charge in [-0.25, -0.2) is 4.79 Å². The second-order valence-corrected chi connectivity index (χ2v) is 12.3. The zero-order chi connectivity index (χ0) is 26.9. The van der Waals surface area contributed by atoms with E-state index in [0.717, 1.165) is 25.7 Å². The molecule has 1 saturated heterocycles. The molecule has 3 saturated carbocycles. The molecule has 5 aliphatic rings. The average molecular weight is 523 g/mol. The van der Waals surface area contributed by atoms with Crippen LogP contribution in [0.5, 0.6) is 0 Å². The van der Waals surface area contributed by atoms with Gasteiger partial charge in [0.05, 0.1) is 0 Å². The summed E-state index contributed by atoms with van der Waals surface area (Å²) in [6.45, 7) is 3.62. The molecule has 5 rings (SSSR count). The van der Waals surface area contributed by atoms with Crippen LogP contribution in [0.15, 0.2) is 11.6 Å². The van der Waals surface area contributed by atoms with E-state index in [4.69, 9.17) is 9.47 Å². The van der Waals surface area contributed by atoms with Crippen LogP contribution < -0.4 is 0 Å². The van der Waals surface area contributed by atoms with Gasteiger partial charge in [-0.1, -0.05) is 19.4 Å². The van der Waals surface area contributed by atoms with Gasteiger partial charge in [-0.2, -0.15) is 0 Å². The number of carbonyl (C=O) groups excluding carboxylic acids is 2. The molecular formula is C27H38O10. The van der Waals surface area contributed by atoms with E-state index in [1.807, 2.05) is 13.0 Å². The molecule has 37 heavy (non-hydrogen) atoms. The summed E-state index contributed by atoms with van der Waals surface area (Å²) in [7, 11) is 0. The maximum atomic E-state index is 13.4. The van der Waals surface area contributed by atoms with Gasteiger partial charge in [0.1, 0.15) is 30.5 Å². The third-order valence-corrected chi connectivity index (χ3v) is 10.8. The number of aliphatic hydroxyl groups excluding tert-OH is 3. The Morgan fingerprint density at radius 3 is 2.41 bits per heavy atom. The topological polar surface area (TPSA) is 171 Å². The van der Waals surface area contributed by atoms with Gasteiger partial charge in [0.15, 0.2) is 24.0 Å². The molecule has 0 radical (unpaired) electrons. The second kappa shape index (κ2) is 9.20. The molecule has 5 N–H and O–H groups in total. The van der Waals surface area contributed by atoms with Crippen LogP contribution in [-0.4, -0.2) is 86.0 Å². The first-order valence-corrected chi connectivity index (χ1v) is 13.4. The predicted molar refractivity (Wildman–Crippen MR) is 127 cm³/mol. The summed E-state index contributed by atoms with van der Waals surface area (Å²) in [6, 6.07) is 0. The lowest BCUT2D eigenvalue weighted by Gasteiger charge is -2.58. The molecule has 0 bridgehead atoms. The number of carbonyl (C=O) groups is 3. The largest absolute Gasteiger partial charge is 0.479 e. The Morgan fingerprint density at radius 1 is 1.00 bits per heavy atom. The summed E-state index contributed by atoms with van der Waals surface area (Å²) in [4.78, 5) is 36.8. The Bertz CT molecular complexity index is 1010. The summed E-state index contributed by atoms with van der Waals surface area (Å²) >= 11 is 0. The van der Waals surface area contributed by atoms with Crippen molar-refractivity contribution in [2.75, 3.05) is 6.61 Å². The van der Waals surface area contributed by atoms with Crippen molar-refractivity contribution in [2.45, 2.75) is 102 Å². The fraction of sp³-hybridized carbons (Fsp3) is 0.815. The molecule has 10 nitrogen and oxygen atoms in total. The highest BCUT2D eigenvalue weighted by Crippen LogP contribution is 2.67. The number of hydrogen-bond donors (Lipinski definition) is 5. The molecule has 1 aliphatic heterocycles. The fourth-order valence-corrected chi connectivity index (χ4v) is 8.50. The van der Waals surface area contributed by atoms with Crippen LogP contribution in [-0.2, 0) is 23.9 Å². The zero-order valence-corrected chi connectivity index (χ0v) is 21.3. The van der Waals surface area contributed by atoms with Gasteiger partial charge >= 0.3 is 5.97 Å². The first kappa shape index (κ1) is 26.9. The molecule has 4 aliphatic carbocycles. The number of carboxylic acids is 1. The predicted octanol–water partition coefficient (Wildman–Crippen LogP) is 0.727. The maximum absolute atomic E-state index is 13.4. The zero-order valence-electron chi connectivity index (χ0n) is 21.3. The van der Waals surface area contributed by atoms with Crippen LogP contribution >= 0.6 is 0 Å². The Labute approximate surface area is 215 Å². The molecule has 4 fully saturated rings. The van der Waals surface area contributed by atoms with E-state index < -0.39 is 60.1 Å². The lowest BCUT2D eigenvalue weighted by atomic mass is 9.46. The minimum absolute atomic E-state index is 0.0213. The number of rotatable bonds is 5. The summed E-state index contributed by atoms with van der Waals surface area (Å²) in [5, 5.41) is 51.1. The molecule has 0 aromatic rings. The number of ketones is 2. The fourth-order valence-electron chi connectivity index (χ4n) is 8.50. The molecule has 206 valence electrons. The van der Waals surface area contributed by atoms with Crippen LogP contribution in [0, 0.1) is 28.6 Å². The number of fused-ring (bicyclic) bond motifs is 5. The molecule has 0 aromatic heterocycles. The van der Waals surface area contributed by atoms with E-state index in [1.54, 1.807) is 0 Å². The number of aliphatic hydroxyl groups is 4. The van der Waals surface area contributed by atoms with Crippen molar-refractivity contribution >= 4 is 17.5 Å². The third-order valence-electron chi connectivity index (χ3n) is 10.8. The summed E-state index contributed by atoms with van der Waals surface area (Å²) < 4.78 is 10.5. The molecule has 10 heteroatoms. The van der Waals surface area contributed by atoms with Crippen molar-refractivity contribution in [2.24, 2.45) is 28.6 Å². The molecule has 0 amide bonds. The van der Waals surface area contributed by atoms with Crippen LogP contribution in [0.2, 0.25) is 0 Å². The lowest BCUT2D eigenvalue weighted by molar-refractivity contribution is -0.293. The smallest absolute Gasteiger partial charge is 0.335 e. The summed E-state index contributed by atoms with van der Waals surface area (Å²) in [5.74, 6) is -1.02. The lowest BCUT2D eigenvalue weighted by Crippen LogP contribution is -2.61. The van der Waals surface area contributed by atoms with Crippen molar-refractivity contribution < 1.29 is 49.4 Å². The molecule has 0 aromatic carbocycles. The third kappa shape index (κ3) is 3.94. The van der Waals surface area contributed by atoms with Gasteiger partial charge in [0.2, 0.25) is 0 Å². The highest BCUT2D eigenvalue weighted by atomic mass is 16.7. The Balaban J connectivity index is 1.30. The number of allylic oxidation sites excluding steroid dienone is 1. The summed E-state index contributed by atoms with van der Waals surface area (Å²) in [6.07, 6.45) is -1.37. The Morgan fingerprint density at radius 2 is 1.70 bits per heavy atom. The van der Waals surface area contributed by atoms with Gasteiger partial charge in [0, 0.05) is 11.8 Å². The van der Waals surface area contributed by atoms with Crippen molar-refractivity contribution in [3.63, 3.8) is 0 Å². The van der Waals surface area contributed by atoms with Gasteiger partial charge < -0.3 is 35.0 Å². The Kier molecular flexibility index (Phi) is 6.69. The van der Waals surface area contributed by atoms with Crippen molar-refractivity contribution in [1.29, 1.82) is 0 Å². The van der Waals surface area contributed by atoms with Crippen molar-refractivity contribution in [1.82, 2.24) is 0 Å². The number of aliphatic carboxylic acids is 1. The number of Topliss-reactive ketones (excluding diaryl/α,β-unsaturated/α-hetero) is 1. The summed E-state index contributed by atoms with van der Waals surface area (Å²) in [5.41, 5.74) is -1.08. The van der Waals surface area contributed by atoms with Crippen molar-refractivity contribution in [3.8, 4) is 0 Å². The van der Waals surface area contributed by atoms with E-state index in [-0.39, 0.29) is 23.5 Å². The minimum atomic E-state index is -1.85. The van der Waals surface area contributed by atoms with Crippen LogP contribution in [0.1, 0.15) is 65.2 Å². The van der Waals surface area contributed by atoms with Crippen LogP contribution in [0.3, 0.4) is 0 Å². The molecule has 0 spiro atoms. The second-order valence-electron chi connectivity index (χ2n) is 12.3. The van der Waals surface area contributed by atoms with Crippen LogP contribution in [0.25, 0.3) is 0 Å². The minimum Gasteiger partial charge on any atom is -0.479 e. The van der Waals surface area contributed by atoms with Crippen LogP contribution in [0.4, 0.5) is 0 Å². The quantitative estimate of drug-likeness (QED) is 0.347. The molecule has 11 atom stereocenters. The van der Waals surface area contributed by atoms with E-state index in [2.05, 4.69) is 6.92 Å². The Hall–Kier alpha value is -1.69. The van der Waals surface area contributed by atoms with Gasteiger partial charge in [-0.05, 0) is 74.2 Å². The molecular weight excluding hydrogens is 484 g/mol. The average Bonchev–Trinajstić information content (AvgIpc) is 3.14. The standard InChI is InChI=1S/C27H38O10/c1-25-8-5-14(28)11-13(25)3-4-15-16(25)6-9-26(2)17(15)7-10-27(26,35)18(29)12-36-24-21(32)19(30)20(31)22(37-24)23(33)34/h11,15-17,19-22,24,30-32,35H,3-10,12H2,1-2H3,(H,33,34)/t15-,16+,17+,19+,20+,21-,22+,24-,25+,26+,27+/m1/s1. The first-order chi connectivity index (χ1) is 17.3. The SMILES string of the molecule is C[C@]12CCC(=O)C=C1CC[C@@H]1[C@@H]2CC[C@@]2(C)[C@H]1CC[C@]2(O)C(=O)CO[C@@H]1O[C@H](C(=O)O)[C@@H](O)[C@H](O)[C@H]1O. The number of ether oxygens (including phenoxy) is 2. The normalized spacial score (nSPS) is 49.5. The number of hydrogen-bond acceptors (Lipinski definition) is 9. The maximum Gasteiger partial charge on any atom is 0.335 e.